The first-order valence-corrected chi connectivity index (χ1v) is 17.2. The lowest BCUT2D eigenvalue weighted by Crippen LogP contribution is -1.91. The summed E-state index contributed by atoms with van der Waals surface area (Å²) in [7, 11) is 0. The molecule has 3 nitrogen and oxygen atoms in total. The molecule has 0 amide bonds. The summed E-state index contributed by atoms with van der Waals surface area (Å²) in [6.45, 7) is 0. The van der Waals surface area contributed by atoms with Crippen molar-refractivity contribution in [2.45, 2.75) is 0 Å². The third kappa shape index (κ3) is 5.06. The van der Waals surface area contributed by atoms with Crippen molar-refractivity contribution >= 4 is 43.6 Å². The zero-order valence-corrected chi connectivity index (χ0v) is 27.6. The number of pyridine rings is 2. The van der Waals surface area contributed by atoms with Gasteiger partial charge in [0.05, 0.1) is 22.6 Å². The number of nitrogens with zero attached hydrogens (tertiary/aromatic N) is 2. The van der Waals surface area contributed by atoms with Crippen LogP contribution < -0.4 is 0 Å². The van der Waals surface area contributed by atoms with E-state index in [1.807, 2.05) is 24.3 Å². The Morgan fingerprint density at radius 3 is 1.63 bits per heavy atom. The zero-order chi connectivity index (χ0) is 33.7. The molecule has 10 rings (SSSR count). The van der Waals surface area contributed by atoms with Crippen LogP contribution in [0.2, 0.25) is 0 Å². The summed E-state index contributed by atoms with van der Waals surface area (Å²) in [4.78, 5) is 10.3. The summed E-state index contributed by atoms with van der Waals surface area (Å²) >= 11 is 0. The van der Waals surface area contributed by atoms with Crippen LogP contribution in [-0.2, 0) is 0 Å². The van der Waals surface area contributed by atoms with E-state index in [0.717, 1.165) is 99.6 Å². The lowest BCUT2D eigenvalue weighted by atomic mass is 9.95. The lowest BCUT2D eigenvalue weighted by molar-refractivity contribution is 0.673. The number of furan rings is 1. The Labute approximate surface area is 295 Å². The van der Waals surface area contributed by atoms with Gasteiger partial charge in [-0.15, -0.1) is 0 Å². The molecular formula is C48H30N2O. The van der Waals surface area contributed by atoms with E-state index in [4.69, 9.17) is 14.4 Å². The Hall–Kier alpha value is -6.84. The van der Waals surface area contributed by atoms with Gasteiger partial charge in [0, 0.05) is 43.6 Å². The number of para-hydroxylation sites is 2. The summed E-state index contributed by atoms with van der Waals surface area (Å²) in [5.74, 6) is 0. The zero-order valence-electron chi connectivity index (χ0n) is 27.6. The van der Waals surface area contributed by atoms with Crippen molar-refractivity contribution in [2.24, 2.45) is 0 Å². The minimum Gasteiger partial charge on any atom is -0.455 e. The average molecular weight is 651 g/mol. The first-order chi connectivity index (χ1) is 25.3. The van der Waals surface area contributed by atoms with E-state index in [-0.39, 0.29) is 0 Å². The SMILES string of the molecule is c1ccc(-c2cc(-c3ccc(-c4cccc(-c5nc6ccccc6c6c5ccc5c7ccccc7oc56)c4)cc3)cc(-c3ccccc3)n2)cc1. The second-order valence-electron chi connectivity index (χ2n) is 13.0. The Bertz CT molecular complexity index is 2830. The van der Waals surface area contributed by atoms with Crippen molar-refractivity contribution < 1.29 is 4.42 Å². The van der Waals surface area contributed by atoms with Gasteiger partial charge in [0.15, 0.2) is 0 Å². The second kappa shape index (κ2) is 11.9. The van der Waals surface area contributed by atoms with Gasteiger partial charge < -0.3 is 4.42 Å². The molecule has 0 fully saturated rings. The maximum absolute atomic E-state index is 6.54. The normalized spacial score (nSPS) is 11.5. The molecule has 0 atom stereocenters. The molecule has 238 valence electrons. The largest absolute Gasteiger partial charge is 0.455 e. The van der Waals surface area contributed by atoms with E-state index in [1.165, 1.54) is 0 Å². The molecule has 0 bridgehead atoms. The van der Waals surface area contributed by atoms with Gasteiger partial charge in [-0.2, -0.15) is 0 Å². The fraction of sp³-hybridized carbons (Fsp3) is 0. The molecule has 7 aromatic carbocycles. The van der Waals surface area contributed by atoms with Gasteiger partial charge in [-0.25, -0.2) is 9.97 Å². The minimum atomic E-state index is 0.896. The van der Waals surface area contributed by atoms with Crippen molar-refractivity contribution in [1.82, 2.24) is 9.97 Å². The molecule has 10 aromatic rings. The van der Waals surface area contributed by atoms with Crippen LogP contribution in [0.5, 0.6) is 0 Å². The first kappa shape index (κ1) is 29.1. The lowest BCUT2D eigenvalue weighted by Gasteiger charge is -2.13. The number of rotatable bonds is 5. The average Bonchev–Trinajstić information content (AvgIpc) is 3.60. The van der Waals surface area contributed by atoms with Gasteiger partial charge in [-0.3, -0.25) is 0 Å². The Morgan fingerprint density at radius 1 is 0.333 bits per heavy atom. The van der Waals surface area contributed by atoms with Crippen LogP contribution in [0.1, 0.15) is 0 Å². The molecule has 0 N–H and O–H groups in total. The molecule has 0 saturated carbocycles. The third-order valence-corrected chi connectivity index (χ3v) is 9.86. The van der Waals surface area contributed by atoms with Gasteiger partial charge in [0.1, 0.15) is 11.2 Å². The van der Waals surface area contributed by atoms with Gasteiger partial charge in [-0.05, 0) is 58.7 Å². The highest BCUT2D eigenvalue weighted by atomic mass is 16.3. The highest BCUT2D eigenvalue weighted by molar-refractivity contribution is 6.24. The number of hydrogen-bond acceptors (Lipinski definition) is 3. The molecule has 3 aromatic heterocycles. The van der Waals surface area contributed by atoms with Crippen molar-refractivity contribution in [3.8, 4) is 56.0 Å². The summed E-state index contributed by atoms with van der Waals surface area (Å²) < 4.78 is 6.54. The predicted octanol–water partition coefficient (Wildman–Crippen LogP) is 13.0. The van der Waals surface area contributed by atoms with E-state index < -0.39 is 0 Å². The number of benzene rings is 7. The maximum Gasteiger partial charge on any atom is 0.144 e. The monoisotopic (exact) mass is 650 g/mol. The summed E-state index contributed by atoms with van der Waals surface area (Å²) in [5.41, 5.74) is 13.4. The molecule has 0 aliphatic carbocycles. The van der Waals surface area contributed by atoms with E-state index in [1.54, 1.807) is 0 Å². The maximum atomic E-state index is 6.54. The fourth-order valence-corrected chi connectivity index (χ4v) is 7.35. The molecule has 3 heteroatoms. The van der Waals surface area contributed by atoms with Crippen LogP contribution in [0, 0.1) is 0 Å². The van der Waals surface area contributed by atoms with Gasteiger partial charge in [0.2, 0.25) is 0 Å². The smallest absolute Gasteiger partial charge is 0.144 e. The van der Waals surface area contributed by atoms with Gasteiger partial charge >= 0.3 is 0 Å². The Balaban J connectivity index is 1.07. The molecule has 0 saturated heterocycles. The standard InChI is InChI=1S/C48H30N2O/c1-3-12-33(13-4-1)43-29-37(30-44(49-43)34-14-5-2-6-15-34)32-24-22-31(23-25-32)35-16-11-17-36(28-35)47-41-27-26-39-38-18-8-10-21-45(38)51-48(39)46(41)40-19-7-9-20-42(40)50-47/h1-30H. The van der Waals surface area contributed by atoms with Crippen LogP contribution in [0.3, 0.4) is 0 Å². The van der Waals surface area contributed by atoms with Crippen LogP contribution in [0.25, 0.3) is 99.6 Å². The first-order valence-electron chi connectivity index (χ1n) is 17.2. The Kier molecular flexibility index (Phi) is 6.81. The number of hydrogen-bond donors (Lipinski definition) is 0. The van der Waals surface area contributed by atoms with E-state index >= 15 is 0 Å². The number of aromatic nitrogens is 2. The molecule has 0 aliphatic rings. The third-order valence-electron chi connectivity index (χ3n) is 9.86. The fourth-order valence-electron chi connectivity index (χ4n) is 7.35. The molecule has 0 radical (unpaired) electrons. The molecule has 0 unspecified atom stereocenters. The molecule has 51 heavy (non-hydrogen) atoms. The van der Waals surface area contributed by atoms with Crippen molar-refractivity contribution in [2.75, 3.05) is 0 Å². The predicted molar refractivity (Wildman–Crippen MR) is 212 cm³/mol. The van der Waals surface area contributed by atoms with E-state index in [0.29, 0.717) is 0 Å². The molecule has 0 aliphatic heterocycles. The highest BCUT2D eigenvalue weighted by Crippen LogP contribution is 2.41. The summed E-state index contributed by atoms with van der Waals surface area (Å²) in [6.07, 6.45) is 0. The molecular weight excluding hydrogens is 621 g/mol. The molecule has 3 heterocycles. The second-order valence-corrected chi connectivity index (χ2v) is 13.0. The van der Waals surface area contributed by atoms with Crippen LogP contribution >= 0.6 is 0 Å². The highest BCUT2D eigenvalue weighted by Gasteiger charge is 2.17. The molecule has 0 spiro atoms. The van der Waals surface area contributed by atoms with Crippen LogP contribution in [0.4, 0.5) is 0 Å². The van der Waals surface area contributed by atoms with Crippen molar-refractivity contribution in [3.05, 3.63) is 182 Å². The summed E-state index contributed by atoms with van der Waals surface area (Å²) in [6, 6.07) is 63.7. The topological polar surface area (TPSA) is 38.9 Å². The van der Waals surface area contributed by atoms with Crippen molar-refractivity contribution in [1.29, 1.82) is 0 Å². The van der Waals surface area contributed by atoms with E-state index in [9.17, 15) is 0 Å². The van der Waals surface area contributed by atoms with Gasteiger partial charge in [-0.1, -0.05) is 146 Å². The van der Waals surface area contributed by atoms with Crippen LogP contribution in [0.15, 0.2) is 186 Å². The minimum absolute atomic E-state index is 0.896. The van der Waals surface area contributed by atoms with Crippen LogP contribution in [-0.4, -0.2) is 9.97 Å². The quantitative estimate of drug-likeness (QED) is 0.174. The van der Waals surface area contributed by atoms with Crippen molar-refractivity contribution in [3.63, 3.8) is 0 Å². The van der Waals surface area contributed by atoms with E-state index in [2.05, 4.69) is 158 Å². The Morgan fingerprint density at radius 2 is 0.902 bits per heavy atom. The number of fused-ring (bicyclic) bond motifs is 7. The summed E-state index contributed by atoms with van der Waals surface area (Å²) in [5, 5.41) is 5.52. The van der Waals surface area contributed by atoms with Gasteiger partial charge in [0.25, 0.3) is 0 Å².